The van der Waals surface area contributed by atoms with Crippen LogP contribution in [0.25, 0.3) is 0 Å². The fourth-order valence-corrected chi connectivity index (χ4v) is 2.19. The van der Waals surface area contributed by atoms with Gasteiger partial charge in [-0.1, -0.05) is 17.7 Å². The number of hydrogen-bond acceptors (Lipinski definition) is 3. The predicted octanol–water partition coefficient (Wildman–Crippen LogP) is 3.25. The molecule has 0 saturated heterocycles. The van der Waals surface area contributed by atoms with Crippen LogP contribution in [0, 0.1) is 6.92 Å². The molecule has 2 aromatic rings. The van der Waals surface area contributed by atoms with Crippen LogP contribution in [0.3, 0.4) is 0 Å². The third-order valence-corrected chi connectivity index (χ3v) is 3.38. The van der Waals surface area contributed by atoms with Gasteiger partial charge in [-0.2, -0.15) is 0 Å². The molecule has 21 heavy (non-hydrogen) atoms. The van der Waals surface area contributed by atoms with Gasteiger partial charge in [-0.05, 0) is 44.2 Å². The summed E-state index contributed by atoms with van der Waals surface area (Å²) in [7, 11) is 1.55. The van der Waals surface area contributed by atoms with Gasteiger partial charge in [0, 0.05) is 17.8 Å². The molecule has 0 unspecified atom stereocenters. The highest BCUT2D eigenvalue weighted by atomic mass is 16.5. The first-order chi connectivity index (χ1) is 10.1. The first kappa shape index (κ1) is 14.9. The number of benzene rings is 2. The highest BCUT2D eigenvalue weighted by molar-refractivity contribution is 6.06. The van der Waals surface area contributed by atoms with Gasteiger partial charge in [0.05, 0.1) is 12.8 Å². The van der Waals surface area contributed by atoms with E-state index in [0.29, 0.717) is 23.5 Å². The van der Waals surface area contributed by atoms with Crippen molar-refractivity contribution in [3.63, 3.8) is 0 Å². The van der Waals surface area contributed by atoms with Crippen LogP contribution in [-0.4, -0.2) is 19.6 Å². The lowest BCUT2D eigenvalue weighted by molar-refractivity contribution is 0.0988. The van der Waals surface area contributed by atoms with E-state index in [2.05, 4.69) is 0 Å². The maximum Gasteiger partial charge on any atom is 0.258 e. The predicted molar refractivity (Wildman–Crippen MR) is 85.9 cm³/mol. The molecule has 4 heteroatoms. The second kappa shape index (κ2) is 6.31. The van der Waals surface area contributed by atoms with Crippen LogP contribution < -0.4 is 15.4 Å². The minimum Gasteiger partial charge on any atom is -0.495 e. The van der Waals surface area contributed by atoms with Crippen molar-refractivity contribution in [2.24, 2.45) is 0 Å². The maximum absolute atomic E-state index is 12.6. The minimum absolute atomic E-state index is 0.0734. The average molecular weight is 284 g/mol. The number of aryl methyl sites for hydroxylation is 1. The number of anilines is 2. The van der Waals surface area contributed by atoms with E-state index in [0.717, 1.165) is 11.3 Å². The zero-order valence-electron chi connectivity index (χ0n) is 12.6. The van der Waals surface area contributed by atoms with Crippen molar-refractivity contribution >= 4 is 17.3 Å². The maximum atomic E-state index is 12.6. The number of methoxy groups -OCH3 is 1. The first-order valence-corrected chi connectivity index (χ1v) is 6.89. The Morgan fingerprint density at radius 3 is 2.38 bits per heavy atom. The Morgan fingerprint density at radius 1 is 1.19 bits per heavy atom. The van der Waals surface area contributed by atoms with Crippen LogP contribution in [-0.2, 0) is 0 Å². The van der Waals surface area contributed by atoms with Crippen molar-refractivity contribution in [3.05, 3.63) is 53.6 Å². The lowest BCUT2D eigenvalue weighted by Gasteiger charge is -2.21. The van der Waals surface area contributed by atoms with E-state index in [1.165, 1.54) is 0 Å². The molecule has 0 aromatic heterocycles. The van der Waals surface area contributed by atoms with Gasteiger partial charge in [0.25, 0.3) is 5.91 Å². The summed E-state index contributed by atoms with van der Waals surface area (Å²) in [6.45, 7) is 4.56. The summed E-state index contributed by atoms with van der Waals surface area (Å²) < 4.78 is 5.11. The van der Waals surface area contributed by atoms with Crippen molar-refractivity contribution in [2.75, 3.05) is 24.3 Å². The number of nitrogen functional groups attached to an aromatic ring is 1. The van der Waals surface area contributed by atoms with Gasteiger partial charge < -0.3 is 15.4 Å². The molecule has 0 atom stereocenters. The quantitative estimate of drug-likeness (QED) is 0.877. The van der Waals surface area contributed by atoms with Gasteiger partial charge in [0.15, 0.2) is 0 Å². The third kappa shape index (κ3) is 3.16. The number of amides is 1. The number of carbonyl (C=O) groups is 1. The van der Waals surface area contributed by atoms with Crippen LogP contribution in [0.2, 0.25) is 0 Å². The second-order valence-corrected chi connectivity index (χ2v) is 4.84. The summed E-state index contributed by atoms with van der Waals surface area (Å²) in [4.78, 5) is 14.4. The molecule has 2 aromatic carbocycles. The molecule has 0 radical (unpaired) electrons. The van der Waals surface area contributed by atoms with Gasteiger partial charge in [0.1, 0.15) is 5.75 Å². The van der Waals surface area contributed by atoms with E-state index in [1.54, 1.807) is 30.2 Å². The summed E-state index contributed by atoms with van der Waals surface area (Å²) in [5.41, 5.74) is 8.93. The Hall–Kier alpha value is -2.49. The van der Waals surface area contributed by atoms with Crippen molar-refractivity contribution in [3.8, 4) is 5.75 Å². The molecule has 0 bridgehead atoms. The molecule has 1 amide bonds. The minimum atomic E-state index is -0.0734. The molecule has 2 rings (SSSR count). The van der Waals surface area contributed by atoms with Gasteiger partial charge in [-0.3, -0.25) is 4.79 Å². The molecule has 2 N–H and O–H groups in total. The number of rotatable bonds is 4. The number of nitrogens with zero attached hydrogens (tertiary/aromatic N) is 1. The summed E-state index contributed by atoms with van der Waals surface area (Å²) in [5.74, 6) is 0.501. The third-order valence-electron chi connectivity index (χ3n) is 3.38. The molecule has 0 aliphatic carbocycles. The van der Waals surface area contributed by atoms with Crippen molar-refractivity contribution < 1.29 is 9.53 Å². The number of nitrogens with two attached hydrogens (primary N) is 1. The van der Waals surface area contributed by atoms with E-state index in [4.69, 9.17) is 10.5 Å². The van der Waals surface area contributed by atoms with Crippen LogP contribution in [0.15, 0.2) is 42.5 Å². The Bertz CT molecular complexity index is 636. The molecule has 4 nitrogen and oxygen atoms in total. The van der Waals surface area contributed by atoms with Crippen molar-refractivity contribution in [1.29, 1.82) is 0 Å². The highest BCUT2D eigenvalue weighted by Gasteiger charge is 2.17. The molecular weight excluding hydrogens is 264 g/mol. The Kier molecular flexibility index (Phi) is 4.48. The normalized spacial score (nSPS) is 10.2. The van der Waals surface area contributed by atoms with Crippen LogP contribution in [0.5, 0.6) is 5.75 Å². The van der Waals surface area contributed by atoms with Gasteiger partial charge in [0.2, 0.25) is 0 Å². The standard InChI is InChI=1S/C17H20N2O2/c1-4-19(14-8-5-12(2)6-9-14)17(20)13-7-10-16(21-3)15(18)11-13/h5-11H,4,18H2,1-3H3. The van der Waals surface area contributed by atoms with Gasteiger partial charge in [-0.15, -0.1) is 0 Å². The van der Waals surface area contributed by atoms with E-state index in [1.807, 2.05) is 38.1 Å². The Balaban J connectivity index is 2.32. The van der Waals surface area contributed by atoms with Gasteiger partial charge >= 0.3 is 0 Å². The Morgan fingerprint density at radius 2 is 1.86 bits per heavy atom. The smallest absolute Gasteiger partial charge is 0.258 e. The number of carbonyl (C=O) groups excluding carboxylic acids is 1. The molecular formula is C17H20N2O2. The monoisotopic (exact) mass is 284 g/mol. The molecule has 110 valence electrons. The highest BCUT2D eigenvalue weighted by Crippen LogP contribution is 2.24. The molecule has 0 spiro atoms. The second-order valence-electron chi connectivity index (χ2n) is 4.84. The van der Waals surface area contributed by atoms with Crippen LogP contribution >= 0.6 is 0 Å². The van der Waals surface area contributed by atoms with Crippen molar-refractivity contribution in [2.45, 2.75) is 13.8 Å². The molecule has 0 saturated carbocycles. The zero-order valence-corrected chi connectivity index (χ0v) is 12.6. The summed E-state index contributed by atoms with van der Waals surface area (Å²) in [6.07, 6.45) is 0. The van der Waals surface area contributed by atoms with Crippen LogP contribution in [0.4, 0.5) is 11.4 Å². The summed E-state index contributed by atoms with van der Waals surface area (Å²) in [5, 5.41) is 0. The summed E-state index contributed by atoms with van der Waals surface area (Å²) in [6, 6.07) is 13.0. The Labute approximate surface area is 125 Å². The van der Waals surface area contributed by atoms with Crippen LogP contribution in [0.1, 0.15) is 22.8 Å². The number of ether oxygens (including phenoxy) is 1. The van der Waals surface area contributed by atoms with Crippen molar-refractivity contribution in [1.82, 2.24) is 0 Å². The average Bonchev–Trinajstić information content (AvgIpc) is 2.49. The largest absolute Gasteiger partial charge is 0.495 e. The zero-order chi connectivity index (χ0) is 15.4. The van der Waals surface area contributed by atoms with E-state index < -0.39 is 0 Å². The lowest BCUT2D eigenvalue weighted by atomic mass is 10.1. The van der Waals surface area contributed by atoms with E-state index >= 15 is 0 Å². The van der Waals surface area contributed by atoms with E-state index in [9.17, 15) is 4.79 Å². The fraction of sp³-hybridized carbons (Fsp3) is 0.235. The number of hydrogen-bond donors (Lipinski definition) is 1. The molecule has 0 heterocycles. The SMILES string of the molecule is CCN(C(=O)c1ccc(OC)c(N)c1)c1ccc(C)cc1. The molecule has 0 aliphatic heterocycles. The van der Waals surface area contributed by atoms with Gasteiger partial charge in [-0.25, -0.2) is 0 Å². The van der Waals surface area contributed by atoms with E-state index in [-0.39, 0.29) is 5.91 Å². The first-order valence-electron chi connectivity index (χ1n) is 6.89. The topological polar surface area (TPSA) is 55.6 Å². The fourth-order valence-electron chi connectivity index (χ4n) is 2.19. The lowest BCUT2D eigenvalue weighted by Crippen LogP contribution is -2.30. The molecule has 0 aliphatic rings. The molecule has 0 fully saturated rings. The summed E-state index contributed by atoms with van der Waals surface area (Å²) >= 11 is 0.